The third-order valence-corrected chi connectivity index (χ3v) is 4.08. The van der Waals surface area contributed by atoms with Crippen LogP contribution in [-0.2, 0) is 22.3 Å². The van der Waals surface area contributed by atoms with Gasteiger partial charge in [0, 0.05) is 6.07 Å². The Hall–Kier alpha value is -2.52. The van der Waals surface area contributed by atoms with Crippen LogP contribution < -0.4 is 4.72 Å². The summed E-state index contributed by atoms with van der Waals surface area (Å²) < 4.78 is 32.6. The fourth-order valence-electron chi connectivity index (χ4n) is 1.81. The van der Waals surface area contributed by atoms with Crippen LogP contribution in [0.5, 0.6) is 0 Å². The molecule has 9 heteroatoms. The minimum Gasteiger partial charge on any atom is -0.360 e. The molecule has 0 atom stereocenters. The summed E-state index contributed by atoms with van der Waals surface area (Å²) in [6.07, 6.45) is 2.93. The molecule has 0 spiro atoms. The Morgan fingerprint density at radius 1 is 1.18 bits per heavy atom. The fraction of sp³-hybridized carbons (Fsp3) is 0.154. The second kappa shape index (κ2) is 6.08. The van der Waals surface area contributed by atoms with Crippen molar-refractivity contribution in [2.75, 3.05) is 0 Å². The molecule has 0 fully saturated rings. The van der Waals surface area contributed by atoms with Gasteiger partial charge in [0.2, 0.25) is 10.0 Å². The molecule has 0 saturated heterocycles. The van der Waals surface area contributed by atoms with E-state index in [0.717, 1.165) is 5.69 Å². The molecular weight excluding hydrogens is 306 g/mol. The molecule has 0 aliphatic carbocycles. The van der Waals surface area contributed by atoms with Gasteiger partial charge in [0.05, 0.1) is 18.4 Å². The maximum absolute atomic E-state index is 11.9. The Bertz CT molecular complexity index is 828. The number of benzene rings is 1. The number of aromatic nitrogens is 4. The summed E-state index contributed by atoms with van der Waals surface area (Å²) in [7, 11) is -3.53. The van der Waals surface area contributed by atoms with Crippen LogP contribution in [0, 0.1) is 0 Å². The molecule has 22 heavy (non-hydrogen) atoms. The second-order valence-electron chi connectivity index (χ2n) is 4.50. The topological polar surface area (TPSA) is 103 Å². The third kappa shape index (κ3) is 3.57. The van der Waals surface area contributed by atoms with Gasteiger partial charge >= 0.3 is 0 Å². The van der Waals surface area contributed by atoms with Crippen LogP contribution in [0.3, 0.4) is 0 Å². The Kier molecular flexibility index (Phi) is 3.98. The highest BCUT2D eigenvalue weighted by atomic mass is 32.2. The average molecular weight is 319 g/mol. The Balaban J connectivity index is 1.63. The SMILES string of the molecule is O=S(=O)(Cc1ccno1)NCc1ncn(-c2ccccc2)n1. The normalized spacial score (nSPS) is 11.6. The average Bonchev–Trinajstić information content (AvgIpc) is 3.17. The van der Waals surface area contributed by atoms with E-state index in [-0.39, 0.29) is 18.1 Å². The van der Waals surface area contributed by atoms with Crippen LogP contribution in [0.4, 0.5) is 0 Å². The first-order chi connectivity index (χ1) is 10.6. The summed E-state index contributed by atoms with van der Waals surface area (Å²) in [5.74, 6) is 0.382. The monoisotopic (exact) mass is 319 g/mol. The number of sulfonamides is 1. The number of rotatable bonds is 6. The molecule has 0 aliphatic heterocycles. The van der Waals surface area contributed by atoms with Crippen molar-refractivity contribution < 1.29 is 12.9 Å². The summed E-state index contributed by atoms with van der Waals surface area (Å²) in [4.78, 5) is 4.08. The molecule has 1 N–H and O–H groups in total. The maximum Gasteiger partial charge on any atom is 0.219 e. The second-order valence-corrected chi connectivity index (χ2v) is 6.31. The van der Waals surface area contributed by atoms with E-state index in [9.17, 15) is 8.42 Å². The van der Waals surface area contributed by atoms with Gasteiger partial charge in [0.1, 0.15) is 12.1 Å². The third-order valence-electron chi connectivity index (χ3n) is 2.83. The van der Waals surface area contributed by atoms with Gasteiger partial charge in [-0.25, -0.2) is 22.8 Å². The van der Waals surface area contributed by atoms with Gasteiger partial charge < -0.3 is 4.52 Å². The van der Waals surface area contributed by atoms with E-state index in [4.69, 9.17) is 4.52 Å². The van der Waals surface area contributed by atoms with Gasteiger partial charge in [0.25, 0.3) is 0 Å². The number of hydrogen-bond acceptors (Lipinski definition) is 6. The number of hydrogen-bond donors (Lipinski definition) is 1. The van der Waals surface area contributed by atoms with Gasteiger partial charge in [-0.3, -0.25) is 0 Å². The summed E-state index contributed by atoms with van der Waals surface area (Å²) in [6, 6.07) is 10.9. The molecule has 8 nitrogen and oxygen atoms in total. The lowest BCUT2D eigenvalue weighted by Gasteiger charge is -2.02. The fourth-order valence-corrected chi connectivity index (χ4v) is 2.79. The zero-order valence-electron chi connectivity index (χ0n) is 11.5. The van der Waals surface area contributed by atoms with E-state index in [2.05, 4.69) is 20.0 Å². The summed E-state index contributed by atoms with van der Waals surface area (Å²) >= 11 is 0. The first kappa shape index (κ1) is 14.4. The lowest BCUT2D eigenvalue weighted by Crippen LogP contribution is -2.25. The van der Waals surface area contributed by atoms with Gasteiger partial charge in [-0.05, 0) is 12.1 Å². The molecule has 114 valence electrons. The molecule has 0 radical (unpaired) electrons. The molecule has 0 bridgehead atoms. The molecule has 0 unspecified atom stereocenters. The standard InChI is InChI=1S/C13H13N5O3S/c19-22(20,9-12-6-7-15-21-12)16-8-13-14-10-18(17-13)11-4-2-1-3-5-11/h1-7,10,16H,8-9H2. The lowest BCUT2D eigenvalue weighted by atomic mass is 10.3. The van der Waals surface area contributed by atoms with Crippen LogP contribution in [0.15, 0.2) is 53.4 Å². The molecule has 3 rings (SSSR count). The first-order valence-electron chi connectivity index (χ1n) is 6.45. The zero-order valence-corrected chi connectivity index (χ0v) is 12.3. The quantitative estimate of drug-likeness (QED) is 0.723. The Morgan fingerprint density at radius 2 is 2.00 bits per heavy atom. The molecule has 0 saturated carbocycles. The molecule has 2 heterocycles. The molecule has 2 aromatic heterocycles. The lowest BCUT2D eigenvalue weighted by molar-refractivity contribution is 0.392. The van der Waals surface area contributed by atoms with Gasteiger partial charge in [-0.1, -0.05) is 23.4 Å². The predicted molar refractivity (Wildman–Crippen MR) is 77.3 cm³/mol. The Labute approximate surface area is 126 Å². The largest absolute Gasteiger partial charge is 0.360 e. The van der Waals surface area contributed by atoms with Crippen molar-refractivity contribution >= 4 is 10.0 Å². The van der Waals surface area contributed by atoms with E-state index in [1.807, 2.05) is 30.3 Å². The molecule has 0 aliphatic rings. The van der Waals surface area contributed by atoms with Crippen molar-refractivity contribution in [3.63, 3.8) is 0 Å². The van der Waals surface area contributed by atoms with Crippen molar-refractivity contribution in [2.45, 2.75) is 12.3 Å². The zero-order chi connectivity index (χ0) is 15.4. The van der Waals surface area contributed by atoms with Crippen LogP contribution in [0.2, 0.25) is 0 Å². The maximum atomic E-state index is 11.9. The van der Waals surface area contributed by atoms with Gasteiger partial charge in [0.15, 0.2) is 11.6 Å². The number of nitrogens with zero attached hydrogens (tertiary/aromatic N) is 4. The smallest absolute Gasteiger partial charge is 0.219 e. The number of para-hydroxylation sites is 1. The van der Waals surface area contributed by atoms with Crippen LogP contribution in [0.1, 0.15) is 11.6 Å². The van der Waals surface area contributed by atoms with E-state index in [1.165, 1.54) is 18.6 Å². The first-order valence-corrected chi connectivity index (χ1v) is 8.10. The van der Waals surface area contributed by atoms with Crippen molar-refractivity contribution in [1.82, 2.24) is 24.6 Å². The van der Waals surface area contributed by atoms with Crippen LogP contribution in [0.25, 0.3) is 5.69 Å². The Morgan fingerprint density at radius 3 is 2.73 bits per heavy atom. The van der Waals surface area contributed by atoms with Crippen molar-refractivity contribution in [3.05, 3.63) is 60.5 Å². The highest BCUT2D eigenvalue weighted by molar-refractivity contribution is 7.88. The van der Waals surface area contributed by atoms with Crippen molar-refractivity contribution in [3.8, 4) is 5.69 Å². The predicted octanol–water partition coefficient (Wildman–Crippen LogP) is 0.875. The highest BCUT2D eigenvalue weighted by Gasteiger charge is 2.15. The van der Waals surface area contributed by atoms with E-state index < -0.39 is 10.0 Å². The highest BCUT2D eigenvalue weighted by Crippen LogP contribution is 2.06. The van der Waals surface area contributed by atoms with Gasteiger partial charge in [-0.2, -0.15) is 0 Å². The number of nitrogens with one attached hydrogen (secondary N) is 1. The summed E-state index contributed by atoms with van der Waals surface area (Å²) in [6.45, 7) is 0.0102. The minimum atomic E-state index is -3.53. The molecule has 1 aromatic carbocycles. The van der Waals surface area contributed by atoms with Crippen molar-refractivity contribution in [1.29, 1.82) is 0 Å². The minimum absolute atomic E-state index is 0.0102. The van der Waals surface area contributed by atoms with E-state index >= 15 is 0 Å². The molecule has 0 amide bonds. The van der Waals surface area contributed by atoms with Crippen LogP contribution >= 0.6 is 0 Å². The van der Waals surface area contributed by atoms with E-state index in [1.54, 1.807) is 4.68 Å². The van der Waals surface area contributed by atoms with E-state index in [0.29, 0.717) is 5.82 Å². The molecule has 3 aromatic rings. The van der Waals surface area contributed by atoms with Gasteiger partial charge in [-0.15, -0.1) is 5.10 Å². The van der Waals surface area contributed by atoms with Crippen molar-refractivity contribution in [2.24, 2.45) is 0 Å². The molecular formula is C13H13N5O3S. The summed E-state index contributed by atoms with van der Waals surface area (Å²) in [5.41, 5.74) is 0.853. The summed E-state index contributed by atoms with van der Waals surface area (Å²) in [5, 5.41) is 7.69. The van der Waals surface area contributed by atoms with Crippen LogP contribution in [-0.4, -0.2) is 28.3 Å².